The molecule has 0 radical (unpaired) electrons. The summed E-state index contributed by atoms with van der Waals surface area (Å²) in [4.78, 5) is 16.9. The zero-order valence-corrected chi connectivity index (χ0v) is 17.7. The van der Waals surface area contributed by atoms with Crippen molar-refractivity contribution in [2.45, 2.75) is 47.7 Å². The summed E-state index contributed by atoms with van der Waals surface area (Å²) in [5.41, 5.74) is 3.30. The first-order valence-corrected chi connectivity index (χ1v) is 11.0. The van der Waals surface area contributed by atoms with E-state index in [1.165, 1.54) is 6.20 Å². The summed E-state index contributed by atoms with van der Waals surface area (Å²) in [6.45, 7) is 0.499. The summed E-state index contributed by atoms with van der Waals surface area (Å²) in [7, 11) is -1.74. The van der Waals surface area contributed by atoms with E-state index in [0.717, 1.165) is 0 Å². The maximum atomic E-state index is 13.2. The molecule has 1 aliphatic heterocycles. The third-order valence-corrected chi connectivity index (χ3v) is 7.40. The van der Waals surface area contributed by atoms with Crippen molar-refractivity contribution in [1.82, 2.24) is 10.5 Å². The van der Waals surface area contributed by atoms with Crippen LogP contribution in [0.1, 0.15) is 24.8 Å². The van der Waals surface area contributed by atoms with Gasteiger partial charge >= 0.3 is 6.18 Å². The normalized spacial score (nSPS) is 18.0. The minimum atomic E-state index is -4.86. The van der Waals surface area contributed by atoms with Crippen molar-refractivity contribution in [3.63, 3.8) is 0 Å². The number of halogens is 4. The Morgan fingerprint density at radius 2 is 1.84 bits per heavy atom. The summed E-state index contributed by atoms with van der Waals surface area (Å²) in [6.07, 6.45) is -6.70. The quantitative estimate of drug-likeness (QED) is 0.363. The van der Waals surface area contributed by atoms with Gasteiger partial charge in [0.1, 0.15) is 4.75 Å². The number of benzene rings is 1. The van der Waals surface area contributed by atoms with Crippen molar-refractivity contribution in [3.8, 4) is 11.3 Å². The molecule has 1 saturated heterocycles. The molecule has 2 N–H and O–H groups in total. The second-order valence-electron chi connectivity index (χ2n) is 7.44. The maximum absolute atomic E-state index is 13.2. The van der Waals surface area contributed by atoms with E-state index in [2.05, 4.69) is 4.98 Å². The summed E-state index contributed by atoms with van der Waals surface area (Å²) >= 11 is 0. The number of rotatable bonds is 7. The Morgan fingerprint density at radius 1 is 1.19 bits per heavy atom. The molecule has 1 aromatic carbocycles. The molecule has 1 fully saturated rings. The molecule has 11 heteroatoms. The Hall–Kier alpha value is -2.37. The van der Waals surface area contributed by atoms with Crippen LogP contribution in [0, 0.1) is 0 Å². The van der Waals surface area contributed by atoms with E-state index in [-0.39, 0.29) is 32.5 Å². The highest BCUT2D eigenvalue weighted by molar-refractivity contribution is 7.87. The molecule has 3 rings (SSSR count). The highest BCUT2D eigenvalue weighted by atomic mass is 32.2. The van der Waals surface area contributed by atoms with E-state index >= 15 is 0 Å². The van der Waals surface area contributed by atoms with Crippen LogP contribution in [0.4, 0.5) is 17.6 Å². The van der Waals surface area contributed by atoms with Crippen molar-refractivity contribution in [2.75, 3.05) is 13.2 Å². The average Bonchev–Trinajstić information content (AvgIpc) is 2.81. The molecule has 2 heterocycles. The number of nitrogens with one attached hydrogen (secondary N) is 1. The fourth-order valence-corrected chi connectivity index (χ4v) is 5.06. The van der Waals surface area contributed by atoms with Gasteiger partial charge < -0.3 is 4.74 Å². The first-order chi connectivity index (χ1) is 15.2. The van der Waals surface area contributed by atoms with Gasteiger partial charge in [-0.1, -0.05) is 18.2 Å². The monoisotopic (exact) mass is 474 g/mol. The Balaban J connectivity index is 1.71. The van der Waals surface area contributed by atoms with E-state index < -0.39 is 40.2 Å². The largest absolute Gasteiger partial charge is 0.419 e. The molecule has 6 nitrogen and oxygen atoms in total. The lowest BCUT2D eigenvalue weighted by Crippen LogP contribution is -2.52. The second-order valence-corrected chi connectivity index (χ2v) is 9.23. The third-order valence-electron chi connectivity index (χ3n) is 5.40. The van der Waals surface area contributed by atoms with E-state index in [1.807, 2.05) is 0 Å². The van der Waals surface area contributed by atoms with Gasteiger partial charge in [0, 0.05) is 29.9 Å². The Bertz CT molecular complexity index is 946. The first-order valence-electron chi connectivity index (χ1n) is 9.88. The molecule has 1 aromatic heterocycles. The number of alkyl halides is 4. The highest BCUT2D eigenvalue weighted by Crippen LogP contribution is 2.33. The number of carbonyl (C=O) groups is 1. The van der Waals surface area contributed by atoms with Gasteiger partial charge in [-0.05, 0) is 49.4 Å². The maximum Gasteiger partial charge on any atom is 0.419 e. The SMILES string of the molecule is O=C(NO)C1(S(=O)c2ccc(-c3ccc(CCC(F)C(F)(F)F)cn3)cc2)CCOCC1. The Morgan fingerprint density at radius 3 is 2.38 bits per heavy atom. The number of pyridine rings is 1. The standard InChI is InChI=1S/C21H22F4N2O4S/c22-18(21(23,24)25)8-2-14-1-7-17(26-13-14)15-3-5-16(6-4-15)32(30)20(19(28)27-29)9-11-31-12-10-20/h1,3-7,13,18,29H,2,8-12H2,(H,27,28). The molecule has 32 heavy (non-hydrogen) atoms. The molecule has 0 bridgehead atoms. The van der Waals surface area contributed by atoms with Crippen LogP contribution in [-0.2, 0) is 26.8 Å². The summed E-state index contributed by atoms with van der Waals surface area (Å²) in [5, 5.41) is 9.11. The molecule has 0 spiro atoms. The summed E-state index contributed by atoms with van der Waals surface area (Å²) in [6, 6.07) is 9.72. The molecular weight excluding hydrogens is 452 g/mol. The number of hydroxylamine groups is 1. The lowest BCUT2D eigenvalue weighted by molar-refractivity contribution is -0.181. The van der Waals surface area contributed by atoms with Crippen molar-refractivity contribution < 1.29 is 36.5 Å². The number of nitrogens with zero attached hydrogens (tertiary/aromatic N) is 1. The number of aryl methyl sites for hydroxylation is 1. The summed E-state index contributed by atoms with van der Waals surface area (Å²) < 4.78 is 67.0. The number of hydrogen-bond donors (Lipinski definition) is 2. The lowest BCUT2D eigenvalue weighted by Gasteiger charge is -2.33. The molecule has 0 saturated carbocycles. The molecule has 2 atom stereocenters. The second kappa shape index (κ2) is 10.1. The number of aromatic nitrogens is 1. The van der Waals surface area contributed by atoms with E-state index in [4.69, 9.17) is 9.94 Å². The van der Waals surface area contributed by atoms with Crippen LogP contribution in [0.25, 0.3) is 11.3 Å². The molecule has 174 valence electrons. The van der Waals surface area contributed by atoms with E-state index in [0.29, 0.717) is 21.7 Å². The predicted molar refractivity (Wildman–Crippen MR) is 108 cm³/mol. The van der Waals surface area contributed by atoms with Gasteiger partial charge in [0.15, 0.2) is 6.17 Å². The zero-order valence-electron chi connectivity index (χ0n) is 16.9. The molecule has 0 aliphatic carbocycles. The smallest absolute Gasteiger partial charge is 0.381 e. The zero-order chi connectivity index (χ0) is 23.4. The fourth-order valence-electron chi connectivity index (χ4n) is 3.47. The van der Waals surface area contributed by atoms with Crippen molar-refractivity contribution in [2.24, 2.45) is 0 Å². The lowest BCUT2D eigenvalue weighted by atomic mass is 9.98. The van der Waals surface area contributed by atoms with Crippen LogP contribution < -0.4 is 5.48 Å². The topological polar surface area (TPSA) is 88.5 Å². The molecule has 2 unspecified atom stereocenters. The van der Waals surface area contributed by atoms with Crippen molar-refractivity contribution >= 4 is 16.7 Å². The molecular formula is C21H22F4N2O4S. The number of carbonyl (C=O) groups excluding carboxylic acids is 1. The van der Waals surface area contributed by atoms with Gasteiger partial charge in [-0.2, -0.15) is 13.2 Å². The Labute approximate surface area is 184 Å². The third kappa shape index (κ3) is 5.33. The summed E-state index contributed by atoms with van der Waals surface area (Å²) in [5.74, 6) is -0.721. The Kier molecular flexibility index (Phi) is 7.63. The van der Waals surface area contributed by atoms with Crippen LogP contribution in [0.5, 0.6) is 0 Å². The number of ether oxygens (including phenoxy) is 1. The van der Waals surface area contributed by atoms with Crippen molar-refractivity contribution in [1.29, 1.82) is 0 Å². The van der Waals surface area contributed by atoms with Crippen LogP contribution in [-0.4, -0.2) is 50.6 Å². The van der Waals surface area contributed by atoms with E-state index in [9.17, 15) is 26.6 Å². The van der Waals surface area contributed by atoms with Gasteiger partial charge in [0.25, 0.3) is 5.91 Å². The van der Waals surface area contributed by atoms with Crippen LogP contribution in [0.15, 0.2) is 47.5 Å². The highest BCUT2D eigenvalue weighted by Gasteiger charge is 2.46. The van der Waals surface area contributed by atoms with Gasteiger partial charge in [-0.3, -0.25) is 19.2 Å². The van der Waals surface area contributed by atoms with Gasteiger partial charge in [0.2, 0.25) is 0 Å². The molecule has 1 amide bonds. The fraction of sp³-hybridized carbons (Fsp3) is 0.429. The van der Waals surface area contributed by atoms with Crippen LogP contribution in [0.3, 0.4) is 0 Å². The van der Waals surface area contributed by atoms with Gasteiger partial charge in [-0.25, -0.2) is 9.87 Å². The van der Waals surface area contributed by atoms with Crippen molar-refractivity contribution in [3.05, 3.63) is 48.2 Å². The van der Waals surface area contributed by atoms with E-state index in [1.54, 1.807) is 41.9 Å². The molecule has 2 aromatic rings. The van der Waals surface area contributed by atoms with Crippen LogP contribution in [0.2, 0.25) is 0 Å². The van der Waals surface area contributed by atoms with Gasteiger partial charge in [-0.15, -0.1) is 0 Å². The number of hydrogen-bond acceptors (Lipinski definition) is 5. The van der Waals surface area contributed by atoms with Crippen LogP contribution >= 0.6 is 0 Å². The minimum Gasteiger partial charge on any atom is -0.381 e. The molecule has 1 aliphatic rings. The number of amides is 1. The average molecular weight is 474 g/mol. The van der Waals surface area contributed by atoms with Gasteiger partial charge in [0.05, 0.1) is 16.5 Å². The first kappa shape index (κ1) is 24.3. The predicted octanol–water partition coefficient (Wildman–Crippen LogP) is 3.74. The minimum absolute atomic E-state index is 0.0927.